The minimum absolute atomic E-state index is 0.0137. The molecule has 142 valence electrons. The number of aromatic nitrogens is 1. The summed E-state index contributed by atoms with van der Waals surface area (Å²) in [4.78, 5) is 21.1. The molecule has 1 aliphatic heterocycles. The monoisotopic (exact) mass is 391 g/mol. The van der Waals surface area contributed by atoms with Gasteiger partial charge in [-0.25, -0.2) is 4.98 Å². The summed E-state index contributed by atoms with van der Waals surface area (Å²) >= 11 is 5.83. The number of carbonyl (C=O) groups excluding carboxylic acids is 1. The van der Waals surface area contributed by atoms with Crippen LogP contribution in [0.3, 0.4) is 0 Å². The molecule has 0 unspecified atom stereocenters. The highest BCUT2D eigenvalue weighted by atomic mass is 35.5. The van der Waals surface area contributed by atoms with Gasteiger partial charge in [-0.05, 0) is 23.3 Å². The number of halogens is 1. The van der Waals surface area contributed by atoms with Crippen LogP contribution in [0.25, 0.3) is 0 Å². The summed E-state index contributed by atoms with van der Waals surface area (Å²) in [6.45, 7) is 3.03. The molecule has 1 aromatic heterocycles. The Labute approximate surface area is 170 Å². The third-order valence-electron chi connectivity index (χ3n) is 5.17. The Kier molecular flexibility index (Phi) is 5.70. The Morgan fingerprint density at radius 3 is 1.89 bits per heavy atom. The van der Waals surface area contributed by atoms with E-state index >= 15 is 0 Å². The highest BCUT2D eigenvalue weighted by molar-refractivity contribution is 6.29. The first-order valence-electron chi connectivity index (χ1n) is 9.47. The Hall–Kier alpha value is -2.69. The normalized spacial score (nSPS) is 15.0. The Morgan fingerprint density at radius 1 is 0.821 bits per heavy atom. The molecule has 0 saturated carbocycles. The zero-order valence-electron chi connectivity index (χ0n) is 15.5. The number of pyridine rings is 1. The summed E-state index contributed by atoms with van der Waals surface area (Å²) in [6, 6.07) is 24.7. The van der Waals surface area contributed by atoms with Crippen molar-refractivity contribution in [3.8, 4) is 0 Å². The van der Waals surface area contributed by atoms with Gasteiger partial charge < -0.3 is 4.90 Å². The quantitative estimate of drug-likeness (QED) is 0.623. The summed E-state index contributed by atoms with van der Waals surface area (Å²) in [6.07, 6.45) is 1.55. The summed E-state index contributed by atoms with van der Waals surface area (Å²) in [7, 11) is 0. The van der Waals surface area contributed by atoms with Crippen molar-refractivity contribution in [1.29, 1.82) is 0 Å². The van der Waals surface area contributed by atoms with Crippen molar-refractivity contribution in [2.24, 2.45) is 0 Å². The van der Waals surface area contributed by atoms with Crippen LogP contribution in [0.15, 0.2) is 79.0 Å². The van der Waals surface area contributed by atoms with E-state index in [2.05, 4.69) is 58.4 Å². The number of nitrogens with zero attached hydrogens (tertiary/aromatic N) is 3. The molecule has 1 aliphatic rings. The second-order valence-electron chi connectivity index (χ2n) is 6.92. The average Bonchev–Trinajstić information content (AvgIpc) is 2.76. The van der Waals surface area contributed by atoms with Gasteiger partial charge in [0.1, 0.15) is 5.15 Å². The van der Waals surface area contributed by atoms with Crippen LogP contribution in [-0.4, -0.2) is 46.9 Å². The molecular formula is C23H22ClN3O. The van der Waals surface area contributed by atoms with E-state index < -0.39 is 0 Å². The highest BCUT2D eigenvalue weighted by Gasteiger charge is 2.28. The van der Waals surface area contributed by atoms with Gasteiger partial charge in [-0.1, -0.05) is 72.3 Å². The predicted molar refractivity (Wildman–Crippen MR) is 111 cm³/mol. The number of hydrogen-bond donors (Lipinski definition) is 0. The molecule has 4 nitrogen and oxygen atoms in total. The van der Waals surface area contributed by atoms with Crippen LogP contribution < -0.4 is 0 Å². The van der Waals surface area contributed by atoms with Gasteiger partial charge in [-0.15, -0.1) is 0 Å². The average molecular weight is 392 g/mol. The molecule has 4 rings (SSSR count). The molecule has 0 bridgehead atoms. The molecule has 2 heterocycles. The molecule has 28 heavy (non-hydrogen) atoms. The summed E-state index contributed by atoms with van der Waals surface area (Å²) in [5.74, 6) is 0.0137. The van der Waals surface area contributed by atoms with Crippen molar-refractivity contribution >= 4 is 17.5 Å². The molecule has 0 radical (unpaired) electrons. The van der Waals surface area contributed by atoms with Gasteiger partial charge in [0.2, 0.25) is 0 Å². The van der Waals surface area contributed by atoms with Crippen molar-refractivity contribution in [2.75, 3.05) is 26.2 Å². The van der Waals surface area contributed by atoms with E-state index in [0.717, 1.165) is 13.1 Å². The summed E-state index contributed by atoms with van der Waals surface area (Å²) in [5, 5.41) is 0.398. The zero-order chi connectivity index (χ0) is 19.3. The lowest BCUT2D eigenvalue weighted by molar-refractivity contribution is 0.0597. The lowest BCUT2D eigenvalue weighted by atomic mass is 9.96. The number of amides is 1. The van der Waals surface area contributed by atoms with E-state index in [1.165, 1.54) is 11.1 Å². The second kappa shape index (κ2) is 8.55. The summed E-state index contributed by atoms with van der Waals surface area (Å²) in [5.41, 5.74) is 3.13. The number of piperazine rings is 1. The zero-order valence-corrected chi connectivity index (χ0v) is 16.3. The fraction of sp³-hybridized carbons (Fsp3) is 0.217. The van der Waals surface area contributed by atoms with Crippen LogP contribution >= 0.6 is 11.6 Å². The Bertz CT molecular complexity index is 868. The van der Waals surface area contributed by atoms with Crippen LogP contribution in [0.2, 0.25) is 5.15 Å². The van der Waals surface area contributed by atoms with E-state index in [1.54, 1.807) is 18.3 Å². The van der Waals surface area contributed by atoms with Crippen LogP contribution in [0.1, 0.15) is 27.5 Å². The minimum Gasteiger partial charge on any atom is -0.336 e. The SMILES string of the molecule is O=C(c1ccc(Cl)nc1)N1CCN(C(c2ccccc2)c2ccccc2)CC1. The molecule has 1 amide bonds. The molecule has 3 aromatic rings. The number of carbonyl (C=O) groups is 1. The lowest BCUT2D eigenvalue weighted by Gasteiger charge is -2.39. The van der Waals surface area contributed by atoms with E-state index in [0.29, 0.717) is 23.8 Å². The van der Waals surface area contributed by atoms with E-state index in [1.807, 2.05) is 17.0 Å². The Morgan fingerprint density at radius 2 is 1.39 bits per heavy atom. The molecule has 0 aliphatic carbocycles. The van der Waals surface area contributed by atoms with Gasteiger partial charge in [-0.3, -0.25) is 9.69 Å². The smallest absolute Gasteiger partial charge is 0.255 e. The van der Waals surface area contributed by atoms with Gasteiger partial charge in [0.25, 0.3) is 5.91 Å². The van der Waals surface area contributed by atoms with Gasteiger partial charge in [0.15, 0.2) is 0 Å². The fourth-order valence-electron chi connectivity index (χ4n) is 3.75. The first-order valence-corrected chi connectivity index (χ1v) is 9.85. The maximum atomic E-state index is 12.8. The molecule has 2 aromatic carbocycles. The highest BCUT2D eigenvalue weighted by Crippen LogP contribution is 2.29. The first kappa shape index (κ1) is 18.7. The molecule has 1 saturated heterocycles. The molecule has 0 atom stereocenters. The number of rotatable bonds is 4. The fourth-order valence-corrected chi connectivity index (χ4v) is 3.86. The van der Waals surface area contributed by atoms with Crippen molar-refractivity contribution in [3.63, 3.8) is 0 Å². The van der Waals surface area contributed by atoms with E-state index in [4.69, 9.17) is 11.6 Å². The van der Waals surface area contributed by atoms with Crippen LogP contribution in [0, 0.1) is 0 Å². The van der Waals surface area contributed by atoms with Crippen LogP contribution in [0.5, 0.6) is 0 Å². The van der Waals surface area contributed by atoms with Gasteiger partial charge >= 0.3 is 0 Å². The van der Waals surface area contributed by atoms with Crippen molar-refractivity contribution in [3.05, 3.63) is 101 Å². The molecule has 1 fully saturated rings. The van der Waals surface area contributed by atoms with Crippen LogP contribution in [-0.2, 0) is 0 Å². The summed E-state index contributed by atoms with van der Waals surface area (Å²) < 4.78 is 0. The van der Waals surface area contributed by atoms with Crippen LogP contribution in [0.4, 0.5) is 0 Å². The van der Waals surface area contributed by atoms with Gasteiger partial charge in [0.05, 0.1) is 11.6 Å². The predicted octanol–water partition coefficient (Wildman–Crippen LogP) is 4.28. The minimum atomic E-state index is 0.0137. The third-order valence-corrected chi connectivity index (χ3v) is 5.40. The van der Waals surface area contributed by atoms with Crippen molar-refractivity contribution in [1.82, 2.24) is 14.8 Å². The first-order chi connectivity index (χ1) is 13.7. The topological polar surface area (TPSA) is 36.4 Å². The molecular weight excluding hydrogens is 370 g/mol. The largest absolute Gasteiger partial charge is 0.336 e. The Balaban J connectivity index is 1.50. The lowest BCUT2D eigenvalue weighted by Crippen LogP contribution is -2.49. The maximum absolute atomic E-state index is 12.8. The van der Waals surface area contributed by atoms with Crippen molar-refractivity contribution in [2.45, 2.75) is 6.04 Å². The number of benzene rings is 2. The third kappa shape index (κ3) is 4.08. The van der Waals surface area contributed by atoms with Gasteiger partial charge in [0, 0.05) is 32.4 Å². The standard InChI is InChI=1S/C23H22ClN3O/c24-21-12-11-20(17-25-21)23(28)27-15-13-26(14-16-27)22(18-7-3-1-4-8-18)19-9-5-2-6-10-19/h1-12,17,22H,13-16H2. The molecule has 0 spiro atoms. The van der Waals surface area contributed by atoms with E-state index in [-0.39, 0.29) is 11.9 Å². The number of hydrogen-bond acceptors (Lipinski definition) is 3. The van der Waals surface area contributed by atoms with Crippen molar-refractivity contribution < 1.29 is 4.79 Å². The van der Waals surface area contributed by atoms with E-state index in [9.17, 15) is 4.79 Å². The van der Waals surface area contributed by atoms with Gasteiger partial charge in [-0.2, -0.15) is 0 Å². The second-order valence-corrected chi connectivity index (χ2v) is 7.31. The maximum Gasteiger partial charge on any atom is 0.255 e. The molecule has 5 heteroatoms. The molecule has 0 N–H and O–H groups in total.